The van der Waals surface area contributed by atoms with Gasteiger partial charge in [-0.25, -0.2) is 36.2 Å². The molecule has 0 N–H and O–H groups in total. The van der Waals surface area contributed by atoms with Crippen molar-refractivity contribution in [3.05, 3.63) is 74.8 Å². The molecule has 3 aromatic heterocycles. The van der Waals surface area contributed by atoms with Crippen molar-refractivity contribution in [1.82, 2.24) is 24.3 Å². The molecule has 5 rings (SSSR count). The lowest BCUT2D eigenvalue weighted by molar-refractivity contribution is -0.0436. The summed E-state index contributed by atoms with van der Waals surface area (Å²) in [6, 6.07) is 9.43. The Kier molecular flexibility index (Phi) is 7.12. The minimum absolute atomic E-state index is 0.135. The SMILES string of the molecule is CCS(=O)(=O)c1ccc(-n2ncn(-c3ccc(Br)c(Cl)c3)c2=O)nc1-c1nc2cc(S(=O)(=O)C(F)(F)F)ccc2o1. The Balaban J connectivity index is 1.67. The van der Waals surface area contributed by atoms with Gasteiger partial charge >= 0.3 is 11.2 Å². The fraction of sp³-hybridized carbons (Fsp3) is 0.130. The van der Waals surface area contributed by atoms with Crippen molar-refractivity contribution in [1.29, 1.82) is 0 Å². The number of halogens is 5. The van der Waals surface area contributed by atoms with Crippen molar-refractivity contribution in [3.63, 3.8) is 0 Å². The largest absolute Gasteiger partial charge is 0.501 e. The van der Waals surface area contributed by atoms with E-state index < -0.39 is 41.7 Å². The van der Waals surface area contributed by atoms with E-state index in [0.29, 0.717) is 27.3 Å². The zero-order valence-corrected chi connectivity index (χ0v) is 24.3. The second-order valence-corrected chi connectivity index (χ2v) is 13.8. The van der Waals surface area contributed by atoms with Crippen LogP contribution in [0.1, 0.15) is 6.92 Å². The summed E-state index contributed by atoms with van der Waals surface area (Å²) >= 11 is 9.39. The van der Waals surface area contributed by atoms with Crippen LogP contribution in [0.4, 0.5) is 13.2 Å². The number of hydrogen-bond donors (Lipinski definition) is 0. The maximum absolute atomic E-state index is 13.2. The Morgan fingerprint density at radius 1 is 1.02 bits per heavy atom. The van der Waals surface area contributed by atoms with Crippen molar-refractivity contribution in [2.75, 3.05) is 5.75 Å². The number of rotatable bonds is 6. The maximum atomic E-state index is 13.2. The standard InChI is InChI=1S/C23H14BrClF3N5O6S2/c1-2-40(35,36)18-7-8-19(33-22(34)32(11-29-33)12-3-5-14(24)15(25)9-12)31-20(18)21-30-16-10-13(4-6-17(16)39-21)41(37,38)23(26,27)28/h3-11H,2H2,1H3. The molecule has 0 saturated carbocycles. The number of oxazole rings is 1. The smallest absolute Gasteiger partial charge is 0.435 e. The van der Waals surface area contributed by atoms with E-state index in [1.54, 1.807) is 12.1 Å². The van der Waals surface area contributed by atoms with Gasteiger partial charge in [-0.15, -0.1) is 0 Å². The van der Waals surface area contributed by atoms with E-state index in [-0.39, 0.29) is 33.3 Å². The summed E-state index contributed by atoms with van der Waals surface area (Å²) in [4.78, 5) is 20.0. The average molecular weight is 693 g/mol. The highest BCUT2D eigenvalue weighted by Gasteiger charge is 2.47. The number of hydrogen-bond acceptors (Lipinski definition) is 9. The lowest BCUT2D eigenvalue weighted by Gasteiger charge is -2.08. The lowest BCUT2D eigenvalue weighted by atomic mass is 10.3. The van der Waals surface area contributed by atoms with E-state index in [1.807, 2.05) is 0 Å². The molecule has 3 heterocycles. The zero-order chi connectivity index (χ0) is 29.9. The summed E-state index contributed by atoms with van der Waals surface area (Å²) < 4.78 is 96.7. The first kappa shape index (κ1) is 29.0. The predicted molar refractivity (Wildman–Crippen MR) is 144 cm³/mol. The quantitative estimate of drug-likeness (QED) is 0.246. The third kappa shape index (κ3) is 5.06. The first-order valence-electron chi connectivity index (χ1n) is 11.2. The fourth-order valence-corrected chi connectivity index (χ4v) is 5.91. The van der Waals surface area contributed by atoms with Crippen molar-refractivity contribution in [3.8, 4) is 23.1 Å². The van der Waals surface area contributed by atoms with Gasteiger partial charge in [-0.1, -0.05) is 18.5 Å². The Morgan fingerprint density at radius 2 is 1.76 bits per heavy atom. The predicted octanol–water partition coefficient (Wildman–Crippen LogP) is 4.73. The van der Waals surface area contributed by atoms with E-state index in [9.17, 15) is 34.8 Å². The van der Waals surface area contributed by atoms with Crippen LogP contribution < -0.4 is 5.69 Å². The van der Waals surface area contributed by atoms with Gasteiger partial charge in [0.05, 0.1) is 26.3 Å². The molecule has 0 amide bonds. The second kappa shape index (κ2) is 10.1. The normalized spacial score (nSPS) is 12.7. The van der Waals surface area contributed by atoms with E-state index in [4.69, 9.17) is 16.0 Å². The van der Waals surface area contributed by atoms with Crippen LogP contribution in [0, 0.1) is 0 Å². The van der Waals surface area contributed by atoms with Gasteiger partial charge < -0.3 is 4.42 Å². The van der Waals surface area contributed by atoms with E-state index in [1.165, 1.54) is 30.0 Å². The van der Waals surface area contributed by atoms with Crippen molar-refractivity contribution in [2.24, 2.45) is 0 Å². The van der Waals surface area contributed by atoms with Crippen LogP contribution in [0.5, 0.6) is 0 Å². The highest BCUT2D eigenvalue weighted by atomic mass is 79.9. The molecule has 5 aromatic rings. The third-order valence-electron chi connectivity index (χ3n) is 5.80. The first-order chi connectivity index (χ1) is 19.1. The van der Waals surface area contributed by atoms with Crippen LogP contribution in [0.2, 0.25) is 5.02 Å². The van der Waals surface area contributed by atoms with Crippen LogP contribution in [0.15, 0.2) is 78.3 Å². The Morgan fingerprint density at radius 3 is 2.41 bits per heavy atom. The molecule has 0 saturated heterocycles. The van der Waals surface area contributed by atoms with Crippen LogP contribution in [0.3, 0.4) is 0 Å². The average Bonchev–Trinajstić information content (AvgIpc) is 3.52. The van der Waals surface area contributed by atoms with Crippen molar-refractivity contribution in [2.45, 2.75) is 22.2 Å². The number of benzene rings is 2. The molecule has 2 aromatic carbocycles. The van der Waals surface area contributed by atoms with Crippen molar-refractivity contribution >= 4 is 58.3 Å². The molecule has 18 heteroatoms. The molecular weight excluding hydrogens is 679 g/mol. The number of nitrogens with zero attached hydrogens (tertiary/aromatic N) is 5. The first-order valence-corrected chi connectivity index (χ1v) is 15.5. The second-order valence-electron chi connectivity index (χ2n) is 8.31. The highest BCUT2D eigenvalue weighted by Crippen LogP contribution is 2.34. The van der Waals surface area contributed by atoms with Gasteiger partial charge in [-0.05, 0) is 64.5 Å². The highest BCUT2D eigenvalue weighted by molar-refractivity contribution is 9.10. The van der Waals surface area contributed by atoms with Gasteiger partial charge in [0.1, 0.15) is 17.5 Å². The molecule has 11 nitrogen and oxygen atoms in total. The maximum Gasteiger partial charge on any atom is 0.501 e. The van der Waals surface area contributed by atoms with Crippen molar-refractivity contribution < 1.29 is 34.4 Å². The van der Waals surface area contributed by atoms with Gasteiger partial charge in [0.2, 0.25) is 5.89 Å². The third-order valence-corrected chi connectivity index (χ3v) is 10.3. The summed E-state index contributed by atoms with van der Waals surface area (Å²) in [6.45, 7) is 1.38. The summed E-state index contributed by atoms with van der Waals surface area (Å²) in [5, 5.41) is 4.37. The van der Waals surface area contributed by atoms with Crippen LogP contribution in [-0.2, 0) is 19.7 Å². The zero-order valence-electron chi connectivity index (χ0n) is 20.3. The summed E-state index contributed by atoms with van der Waals surface area (Å²) in [5.41, 5.74) is -6.67. The van der Waals surface area contributed by atoms with Crippen LogP contribution in [-0.4, -0.2) is 52.4 Å². The monoisotopic (exact) mass is 691 g/mol. The Bertz CT molecular complexity index is 2130. The lowest BCUT2D eigenvalue weighted by Crippen LogP contribution is -2.23. The molecule has 0 spiro atoms. The van der Waals surface area contributed by atoms with Crippen LogP contribution >= 0.6 is 27.5 Å². The molecule has 0 bridgehead atoms. The number of aromatic nitrogens is 5. The molecular formula is C23H14BrClF3N5O6S2. The number of alkyl halides is 3. The fourth-order valence-electron chi connectivity index (χ4n) is 3.70. The molecule has 41 heavy (non-hydrogen) atoms. The van der Waals surface area contributed by atoms with Crippen LogP contribution in [0.25, 0.3) is 34.2 Å². The Hall–Kier alpha value is -3.54. The molecule has 214 valence electrons. The van der Waals surface area contributed by atoms with Gasteiger partial charge in [-0.2, -0.15) is 23.0 Å². The molecule has 0 aliphatic heterocycles. The van der Waals surface area contributed by atoms with E-state index in [2.05, 4.69) is 31.0 Å². The van der Waals surface area contributed by atoms with Gasteiger partial charge in [0.15, 0.2) is 21.2 Å². The summed E-state index contributed by atoms with van der Waals surface area (Å²) in [5.74, 6) is -0.930. The molecule has 0 aliphatic rings. The number of sulfone groups is 2. The summed E-state index contributed by atoms with van der Waals surface area (Å²) in [7, 11) is -9.64. The molecule has 0 fully saturated rings. The number of fused-ring (bicyclic) bond motifs is 1. The molecule has 0 radical (unpaired) electrons. The summed E-state index contributed by atoms with van der Waals surface area (Å²) in [6.07, 6.45) is 1.20. The van der Waals surface area contributed by atoms with E-state index in [0.717, 1.165) is 16.8 Å². The Labute approximate surface area is 242 Å². The minimum atomic E-state index is -5.68. The number of pyridine rings is 1. The van der Waals surface area contributed by atoms with Gasteiger partial charge in [-0.3, -0.25) is 0 Å². The molecule has 0 unspecified atom stereocenters. The molecule has 0 atom stereocenters. The van der Waals surface area contributed by atoms with Gasteiger partial charge in [0, 0.05) is 4.47 Å². The van der Waals surface area contributed by atoms with E-state index >= 15 is 0 Å². The molecule has 0 aliphatic carbocycles. The minimum Gasteiger partial charge on any atom is -0.435 e. The van der Waals surface area contributed by atoms with Gasteiger partial charge in [0.25, 0.3) is 9.84 Å². The topological polar surface area (TPSA) is 147 Å².